The van der Waals surface area contributed by atoms with Gasteiger partial charge in [-0.2, -0.15) is 0 Å². The van der Waals surface area contributed by atoms with Gasteiger partial charge in [0.25, 0.3) is 0 Å². The predicted octanol–water partition coefficient (Wildman–Crippen LogP) is 3.57. The number of carbonyl (C=O) groups excluding carboxylic acids is 1. The van der Waals surface area contributed by atoms with Crippen molar-refractivity contribution < 1.29 is 17.9 Å². The van der Waals surface area contributed by atoms with Crippen molar-refractivity contribution in [2.45, 2.75) is 51.0 Å². The van der Waals surface area contributed by atoms with Gasteiger partial charge in [-0.3, -0.25) is 4.79 Å². The SMILES string of the molecule is COCCn1c(C)c(C)c(S(=O)(=O)c2ccccc2)c1NC(=O)C(C)(C)C. The molecule has 0 unspecified atom stereocenters. The number of ether oxygens (including phenoxy) is 1. The lowest BCUT2D eigenvalue weighted by Gasteiger charge is -2.20. The van der Waals surface area contributed by atoms with Gasteiger partial charge in [-0.05, 0) is 31.5 Å². The highest BCUT2D eigenvalue weighted by molar-refractivity contribution is 7.91. The van der Waals surface area contributed by atoms with Crippen LogP contribution in [-0.2, 0) is 25.9 Å². The minimum Gasteiger partial charge on any atom is -0.383 e. The molecule has 2 aromatic rings. The Morgan fingerprint density at radius 2 is 1.74 bits per heavy atom. The molecule has 0 bridgehead atoms. The number of benzene rings is 1. The number of hydrogen-bond acceptors (Lipinski definition) is 4. The van der Waals surface area contributed by atoms with Crippen molar-refractivity contribution in [3.63, 3.8) is 0 Å². The molecule has 0 aliphatic heterocycles. The molecule has 0 fully saturated rings. The molecule has 0 atom stereocenters. The second kappa shape index (κ2) is 7.86. The number of aromatic nitrogens is 1. The second-order valence-corrected chi connectivity index (χ2v) is 9.44. The van der Waals surface area contributed by atoms with Crippen molar-refractivity contribution >= 4 is 21.6 Å². The fraction of sp³-hybridized carbons (Fsp3) is 0.450. The Hall–Kier alpha value is -2.12. The summed E-state index contributed by atoms with van der Waals surface area (Å²) in [6.45, 7) is 9.82. The van der Waals surface area contributed by atoms with Gasteiger partial charge >= 0.3 is 0 Å². The summed E-state index contributed by atoms with van der Waals surface area (Å²) in [7, 11) is -2.21. The van der Waals surface area contributed by atoms with Crippen LogP contribution < -0.4 is 5.32 Å². The molecule has 0 saturated carbocycles. The van der Waals surface area contributed by atoms with Gasteiger partial charge in [0.15, 0.2) is 0 Å². The summed E-state index contributed by atoms with van der Waals surface area (Å²) in [6.07, 6.45) is 0. The smallest absolute Gasteiger partial charge is 0.230 e. The van der Waals surface area contributed by atoms with E-state index in [0.29, 0.717) is 24.5 Å². The molecule has 27 heavy (non-hydrogen) atoms. The summed E-state index contributed by atoms with van der Waals surface area (Å²) in [5, 5.41) is 2.85. The molecule has 6 nitrogen and oxygen atoms in total. The van der Waals surface area contributed by atoms with Crippen LogP contribution in [0.25, 0.3) is 0 Å². The van der Waals surface area contributed by atoms with Crippen molar-refractivity contribution in [3.8, 4) is 0 Å². The van der Waals surface area contributed by atoms with Gasteiger partial charge in [0.1, 0.15) is 10.7 Å². The number of sulfone groups is 1. The molecule has 0 aliphatic rings. The van der Waals surface area contributed by atoms with E-state index in [-0.39, 0.29) is 15.7 Å². The first-order chi connectivity index (χ1) is 12.5. The maximum absolute atomic E-state index is 13.4. The van der Waals surface area contributed by atoms with Gasteiger partial charge in [0, 0.05) is 24.8 Å². The molecule has 1 heterocycles. The van der Waals surface area contributed by atoms with Crippen LogP contribution in [0.15, 0.2) is 40.1 Å². The molecule has 0 radical (unpaired) electrons. The highest BCUT2D eigenvalue weighted by atomic mass is 32.2. The minimum absolute atomic E-state index is 0.139. The number of nitrogens with one attached hydrogen (secondary N) is 1. The van der Waals surface area contributed by atoms with Gasteiger partial charge in [0.2, 0.25) is 15.7 Å². The topological polar surface area (TPSA) is 77.4 Å². The fourth-order valence-corrected chi connectivity index (χ4v) is 4.48. The molecule has 1 aromatic heterocycles. The Kier molecular flexibility index (Phi) is 6.17. The first kappa shape index (κ1) is 21.2. The van der Waals surface area contributed by atoms with Gasteiger partial charge in [-0.25, -0.2) is 8.42 Å². The predicted molar refractivity (Wildman–Crippen MR) is 106 cm³/mol. The van der Waals surface area contributed by atoms with E-state index < -0.39 is 15.3 Å². The lowest BCUT2D eigenvalue weighted by molar-refractivity contribution is -0.123. The maximum Gasteiger partial charge on any atom is 0.230 e. The molecule has 1 aromatic carbocycles. The Morgan fingerprint density at radius 1 is 1.15 bits per heavy atom. The van der Waals surface area contributed by atoms with Crippen molar-refractivity contribution in [1.29, 1.82) is 0 Å². The third kappa shape index (κ3) is 4.25. The van der Waals surface area contributed by atoms with E-state index in [4.69, 9.17) is 4.74 Å². The average molecular weight is 393 g/mol. The van der Waals surface area contributed by atoms with Gasteiger partial charge in [-0.15, -0.1) is 0 Å². The molecule has 1 amide bonds. The second-order valence-electron chi connectivity index (χ2n) is 7.55. The van der Waals surface area contributed by atoms with E-state index in [0.717, 1.165) is 5.69 Å². The number of carbonyl (C=O) groups is 1. The first-order valence-corrected chi connectivity index (χ1v) is 10.3. The van der Waals surface area contributed by atoms with Crippen LogP contribution >= 0.6 is 0 Å². The van der Waals surface area contributed by atoms with Gasteiger partial charge in [-0.1, -0.05) is 39.0 Å². The number of amides is 1. The van der Waals surface area contributed by atoms with Crippen molar-refractivity contribution in [1.82, 2.24) is 4.57 Å². The summed E-state index contributed by atoms with van der Waals surface area (Å²) in [5.74, 6) is 0.0500. The highest BCUT2D eigenvalue weighted by Crippen LogP contribution is 2.36. The molecule has 148 valence electrons. The monoisotopic (exact) mass is 392 g/mol. The van der Waals surface area contributed by atoms with Crippen LogP contribution in [0.4, 0.5) is 5.82 Å². The van der Waals surface area contributed by atoms with E-state index >= 15 is 0 Å². The van der Waals surface area contributed by atoms with Crippen LogP contribution in [0.1, 0.15) is 32.0 Å². The van der Waals surface area contributed by atoms with Crippen LogP contribution in [0.5, 0.6) is 0 Å². The molecule has 2 rings (SSSR count). The van der Waals surface area contributed by atoms with Crippen LogP contribution in [0, 0.1) is 19.3 Å². The number of methoxy groups -OCH3 is 1. The van der Waals surface area contributed by atoms with E-state index in [9.17, 15) is 13.2 Å². The lowest BCUT2D eigenvalue weighted by Crippen LogP contribution is -2.29. The number of hydrogen-bond donors (Lipinski definition) is 1. The van der Waals surface area contributed by atoms with Crippen LogP contribution in [0.2, 0.25) is 0 Å². The average Bonchev–Trinajstić information content (AvgIpc) is 2.84. The third-order valence-electron chi connectivity index (χ3n) is 4.53. The summed E-state index contributed by atoms with van der Waals surface area (Å²) in [4.78, 5) is 13.0. The zero-order valence-electron chi connectivity index (χ0n) is 16.8. The normalized spacial score (nSPS) is 12.2. The summed E-state index contributed by atoms with van der Waals surface area (Å²) >= 11 is 0. The van der Waals surface area contributed by atoms with Crippen LogP contribution in [-0.4, -0.2) is 32.6 Å². The van der Waals surface area contributed by atoms with Crippen molar-refractivity contribution in [3.05, 3.63) is 41.6 Å². The fourth-order valence-electron chi connectivity index (χ4n) is 2.76. The van der Waals surface area contributed by atoms with Gasteiger partial charge < -0.3 is 14.6 Å². The lowest BCUT2D eigenvalue weighted by atomic mass is 9.96. The maximum atomic E-state index is 13.4. The van der Waals surface area contributed by atoms with E-state index in [2.05, 4.69) is 5.32 Å². The summed E-state index contributed by atoms with van der Waals surface area (Å²) in [6, 6.07) is 8.26. The first-order valence-electron chi connectivity index (χ1n) is 8.82. The Balaban J connectivity index is 2.71. The highest BCUT2D eigenvalue weighted by Gasteiger charge is 2.32. The molecule has 7 heteroatoms. The van der Waals surface area contributed by atoms with E-state index in [1.165, 1.54) is 0 Å². The molecular weight excluding hydrogens is 364 g/mol. The van der Waals surface area contributed by atoms with Crippen LogP contribution in [0.3, 0.4) is 0 Å². The quantitative estimate of drug-likeness (QED) is 0.815. The standard InChI is InChI=1S/C20H28N2O4S/c1-14-15(2)22(12-13-26-6)18(21-19(23)20(3,4)5)17(14)27(24,25)16-10-8-7-9-11-16/h7-11H,12-13H2,1-6H3,(H,21,23). The van der Waals surface area contributed by atoms with Crippen molar-refractivity contribution in [2.75, 3.05) is 19.0 Å². The van der Waals surface area contributed by atoms with E-state index in [1.54, 1.807) is 69.7 Å². The summed E-state index contributed by atoms with van der Waals surface area (Å²) in [5.41, 5.74) is 0.747. The summed E-state index contributed by atoms with van der Waals surface area (Å²) < 4.78 is 33.7. The Bertz CT molecular complexity index is 923. The van der Waals surface area contributed by atoms with Gasteiger partial charge in [0.05, 0.1) is 11.5 Å². The Morgan fingerprint density at radius 3 is 2.26 bits per heavy atom. The Labute approximate surface area is 161 Å². The molecular formula is C20H28N2O4S. The molecule has 0 aliphatic carbocycles. The zero-order chi connectivity index (χ0) is 20.4. The number of nitrogens with zero attached hydrogens (tertiary/aromatic N) is 1. The number of rotatable bonds is 6. The molecule has 0 saturated heterocycles. The molecule has 0 spiro atoms. The van der Waals surface area contributed by atoms with Crippen molar-refractivity contribution in [2.24, 2.45) is 5.41 Å². The third-order valence-corrected chi connectivity index (χ3v) is 6.46. The zero-order valence-corrected chi connectivity index (χ0v) is 17.6. The largest absolute Gasteiger partial charge is 0.383 e. The minimum atomic E-state index is -3.79. The number of anilines is 1. The van der Waals surface area contributed by atoms with E-state index in [1.807, 2.05) is 6.92 Å². The molecule has 1 N–H and O–H groups in total.